The van der Waals surface area contributed by atoms with Crippen LogP contribution < -0.4 is 10.6 Å². The van der Waals surface area contributed by atoms with Crippen molar-refractivity contribution in [3.05, 3.63) is 53.8 Å². The van der Waals surface area contributed by atoms with Crippen molar-refractivity contribution in [3.63, 3.8) is 0 Å². The number of benzene rings is 2. The van der Waals surface area contributed by atoms with Crippen molar-refractivity contribution in [2.45, 2.75) is 35.1 Å². The molecule has 2 aromatic rings. The lowest BCUT2D eigenvalue weighted by Gasteiger charge is -2.22. The normalized spacial score (nSPS) is 25.6. The maximum absolute atomic E-state index is 13.5. The number of halogens is 1. The summed E-state index contributed by atoms with van der Waals surface area (Å²) in [7, 11) is -3.73. The van der Waals surface area contributed by atoms with Gasteiger partial charge in [0.1, 0.15) is 5.82 Å². The second kappa shape index (κ2) is 6.11. The molecule has 1 fully saturated rings. The number of hydrogen-bond donors (Lipinski definition) is 2. The Balaban J connectivity index is 1.75. The van der Waals surface area contributed by atoms with E-state index in [4.69, 9.17) is 0 Å². The first kappa shape index (κ1) is 16.5. The SMILES string of the molecule is CC1CNCC[C@@H]2c3cc(S(=O)(=O)c4cccc(F)c4)ccc3N[C@@H]12. The van der Waals surface area contributed by atoms with Gasteiger partial charge in [-0.15, -0.1) is 0 Å². The number of hydrogen-bond acceptors (Lipinski definition) is 4. The lowest BCUT2D eigenvalue weighted by Crippen LogP contribution is -2.31. The van der Waals surface area contributed by atoms with E-state index < -0.39 is 15.7 Å². The molecule has 2 heterocycles. The molecule has 1 unspecified atom stereocenters. The first-order chi connectivity index (χ1) is 12.0. The predicted molar refractivity (Wildman–Crippen MR) is 95.1 cm³/mol. The summed E-state index contributed by atoms with van der Waals surface area (Å²) in [5, 5.41) is 6.99. The second-order valence-electron chi connectivity index (χ2n) is 6.96. The summed E-state index contributed by atoms with van der Waals surface area (Å²) >= 11 is 0. The van der Waals surface area contributed by atoms with E-state index in [0.29, 0.717) is 17.9 Å². The molecule has 0 spiro atoms. The molecule has 2 aliphatic rings. The van der Waals surface area contributed by atoms with Gasteiger partial charge in [-0.2, -0.15) is 0 Å². The quantitative estimate of drug-likeness (QED) is 0.864. The smallest absolute Gasteiger partial charge is 0.206 e. The van der Waals surface area contributed by atoms with E-state index in [9.17, 15) is 12.8 Å². The molecular formula is C19H21FN2O2S. The lowest BCUT2D eigenvalue weighted by atomic mass is 9.87. The first-order valence-corrected chi connectivity index (χ1v) is 10.1. The molecule has 3 atom stereocenters. The third-order valence-electron chi connectivity index (χ3n) is 5.31. The average molecular weight is 360 g/mol. The van der Waals surface area contributed by atoms with Crippen LogP contribution in [0, 0.1) is 11.7 Å². The molecule has 132 valence electrons. The van der Waals surface area contributed by atoms with Crippen LogP contribution in [-0.4, -0.2) is 27.5 Å². The van der Waals surface area contributed by atoms with Crippen LogP contribution in [0.25, 0.3) is 0 Å². The summed E-state index contributed by atoms with van der Waals surface area (Å²) in [6, 6.07) is 10.7. The van der Waals surface area contributed by atoms with Gasteiger partial charge in [-0.1, -0.05) is 13.0 Å². The molecule has 2 aliphatic heterocycles. The van der Waals surface area contributed by atoms with Crippen LogP contribution in [0.5, 0.6) is 0 Å². The number of nitrogens with one attached hydrogen (secondary N) is 2. The zero-order valence-corrected chi connectivity index (χ0v) is 14.8. The number of sulfone groups is 1. The zero-order valence-electron chi connectivity index (χ0n) is 14.0. The summed E-state index contributed by atoms with van der Waals surface area (Å²) in [4.78, 5) is 0.218. The van der Waals surface area contributed by atoms with E-state index in [-0.39, 0.29) is 9.79 Å². The van der Waals surface area contributed by atoms with Gasteiger partial charge in [0.15, 0.2) is 0 Å². The molecule has 25 heavy (non-hydrogen) atoms. The van der Waals surface area contributed by atoms with Gasteiger partial charge < -0.3 is 10.6 Å². The van der Waals surface area contributed by atoms with Crippen molar-refractivity contribution in [1.82, 2.24) is 5.32 Å². The molecule has 2 N–H and O–H groups in total. The molecule has 0 amide bonds. The highest BCUT2D eigenvalue weighted by Gasteiger charge is 2.37. The Morgan fingerprint density at radius 1 is 1.12 bits per heavy atom. The number of fused-ring (bicyclic) bond motifs is 3. The minimum atomic E-state index is -3.73. The van der Waals surface area contributed by atoms with Gasteiger partial charge in [-0.25, -0.2) is 12.8 Å². The monoisotopic (exact) mass is 360 g/mol. The number of rotatable bonds is 2. The van der Waals surface area contributed by atoms with Crippen LogP contribution in [0.15, 0.2) is 52.3 Å². The number of anilines is 1. The molecule has 0 radical (unpaired) electrons. The summed E-state index contributed by atoms with van der Waals surface area (Å²) in [6.07, 6.45) is 0.971. The fraction of sp³-hybridized carbons (Fsp3) is 0.368. The molecule has 2 aromatic carbocycles. The summed E-state index contributed by atoms with van der Waals surface area (Å²) in [6.45, 7) is 4.09. The molecule has 4 rings (SSSR count). The third kappa shape index (κ3) is 2.83. The van der Waals surface area contributed by atoms with Gasteiger partial charge in [0.25, 0.3) is 0 Å². The van der Waals surface area contributed by atoms with E-state index in [1.54, 1.807) is 12.1 Å². The van der Waals surface area contributed by atoms with E-state index in [1.807, 2.05) is 6.07 Å². The fourth-order valence-electron chi connectivity index (χ4n) is 3.98. The summed E-state index contributed by atoms with van der Waals surface area (Å²) < 4.78 is 39.2. The molecule has 0 aromatic heterocycles. The van der Waals surface area contributed by atoms with Crippen molar-refractivity contribution in [2.24, 2.45) is 5.92 Å². The van der Waals surface area contributed by atoms with Gasteiger partial charge in [-0.05, 0) is 67.4 Å². The largest absolute Gasteiger partial charge is 0.381 e. The van der Waals surface area contributed by atoms with Gasteiger partial charge >= 0.3 is 0 Å². The highest BCUT2D eigenvalue weighted by atomic mass is 32.2. The Labute approximate surface area is 147 Å². The Kier molecular flexibility index (Phi) is 4.04. The highest BCUT2D eigenvalue weighted by molar-refractivity contribution is 7.91. The Morgan fingerprint density at radius 3 is 2.72 bits per heavy atom. The standard InChI is InChI=1S/C19H21FN2O2S/c1-12-11-21-8-7-16-17-10-15(5-6-18(17)22-19(12)16)25(23,24)14-4-2-3-13(20)9-14/h2-6,9-10,12,16,19,21-22H,7-8,11H2,1H3/t12?,16-,19+/m1/s1. The molecule has 1 saturated heterocycles. The molecule has 0 bridgehead atoms. The van der Waals surface area contributed by atoms with E-state index >= 15 is 0 Å². The summed E-state index contributed by atoms with van der Waals surface area (Å²) in [5.41, 5.74) is 2.07. The van der Waals surface area contributed by atoms with Gasteiger partial charge in [-0.3, -0.25) is 0 Å². The van der Waals surface area contributed by atoms with E-state index in [0.717, 1.165) is 36.8 Å². The molecule has 6 heteroatoms. The molecule has 0 aliphatic carbocycles. The summed E-state index contributed by atoms with van der Waals surface area (Å²) in [5.74, 6) is 0.207. The zero-order chi connectivity index (χ0) is 17.6. The third-order valence-corrected chi connectivity index (χ3v) is 7.06. The fourth-order valence-corrected chi connectivity index (χ4v) is 5.31. The molecular weight excluding hydrogens is 339 g/mol. The van der Waals surface area contributed by atoms with Crippen molar-refractivity contribution < 1.29 is 12.8 Å². The van der Waals surface area contributed by atoms with Crippen molar-refractivity contribution in [1.29, 1.82) is 0 Å². The maximum atomic E-state index is 13.5. The van der Waals surface area contributed by atoms with Gasteiger partial charge in [0, 0.05) is 17.6 Å². The van der Waals surface area contributed by atoms with Crippen LogP contribution in [0.2, 0.25) is 0 Å². The first-order valence-electron chi connectivity index (χ1n) is 8.58. The average Bonchev–Trinajstić information content (AvgIpc) is 2.86. The van der Waals surface area contributed by atoms with Crippen molar-refractivity contribution in [3.8, 4) is 0 Å². The van der Waals surface area contributed by atoms with Crippen LogP contribution in [-0.2, 0) is 9.84 Å². The van der Waals surface area contributed by atoms with E-state index in [1.165, 1.54) is 18.2 Å². The Bertz CT molecular complexity index is 913. The molecule has 4 nitrogen and oxygen atoms in total. The predicted octanol–water partition coefficient (Wildman–Crippen LogP) is 3.17. The molecule has 0 saturated carbocycles. The van der Waals surface area contributed by atoms with Crippen molar-refractivity contribution >= 4 is 15.5 Å². The van der Waals surface area contributed by atoms with Crippen LogP contribution in [0.1, 0.15) is 24.8 Å². The van der Waals surface area contributed by atoms with Crippen molar-refractivity contribution in [2.75, 3.05) is 18.4 Å². The Morgan fingerprint density at radius 2 is 1.92 bits per heavy atom. The van der Waals surface area contributed by atoms with Gasteiger partial charge in [0.2, 0.25) is 9.84 Å². The Hall–Kier alpha value is -1.92. The van der Waals surface area contributed by atoms with Gasteiger partial charge in [0.05, 0.1) is 9.79 Å². The second-order valence-corrected chi connectivity index (χ2v) is 8.91. The highest BCUT2D eigenvalue weighted by Crippen LogP contribution is 2.43. The van der Waals surface area contributed by atoms with E-state index in [2.05, 4.69) is 17.6 Å². The van der Waals surface area contributed by atoms with Crippen LogP contribution in [0.4, 0.5) is 10.1 Å². The van der Waals surface area contributed by atoms with Crippen LogP contribution >= 0.6 is 0 Å². The minimum absolute atomic E-state index is 0.00847. The maximum Gasteiger partial charge on any atom is 0.206 e. The lowest BCUT2D eigenvalue weighted by molar-refractivity contribution is 0.454. The van der Waals surface area contributed by atoms with Crippen LogP contribution in [0.3, 0.4) is 0 Å². The topological polar surface area (TPSA) is 58.2 Å². The minimum Gasteiger partial charge on any atom is -0.381 e.